The molecule has 0 aromatic heterocycles. The van der Waals surface area contributed by atoms with Gasteiger partial charge in [0.05, 0.1) is 5.56 Å². The summed E-state index contributed by atoms with van der Waals surface area (Å²) in [5.74, 6) is -0.973. The van der Waals surface area contributed by atoms with Gasteiger partial charge < -0.3 is 5.32 Å². The summed E-state index contributed by atoms with van der Waals surface area (Å²) in [4.78, 5) is 12.1. The van der Waals surface area contributed by atoms with Crippen LogP contribution in [0.25, 0.3) is 0 Å². The van der Waals surface area contributed by atoms with Crippen molar-refractivity contribution in [3.8, 4) is 0 Å². The van der Waals surface area contributed by atoms with E-state index < -0.39 is 11.7 Å². The summed E-state index contributed by atoms with van der Waals surface area (Å²) in [5, 5.41) is 3.18. The summed E-state index contributed by atoms with van der Waals surface area (Å²) in [6.45, 7) is 0.516. The van der Waals surface area contributed by atoms with Crippen molar-refractivity contribution in [2.24, 2.45) is 0 Å². The number of carbonyl (C=O) groups is 1. The van der Waals surface area contributed by atoms with E-state index in [1.165, 1.54) is 23.8 Å². The van der Waals surface area contributed by atoms with Crippen LogP contribution < -0.4 is 5.32 Å². The van der Waals surface area contributed by atoms with Crippen LogP contribution in [0.3, 0.4) is 0 Å². The smallest absolute Gasteiger partial charge is 0.254 e. The lowest BCUT2D eigenvalue weighted by Gasteiger charge is -2.16. The highest BCUT2D eigenvalue weighted by Crippen LogP contribution is 2.47. The van der Waals surface area contributed by atoms with Crippen LogP contribution >= 0.6 is 11.6 Å². The highest BCUT2D eigenvalue weighted by Gasteiger charge is 2.44. The topological polar surface area (TPSA) is 29.1 Å². The molecular formula is C17H15ClFNO. The second kappa shape index (κ2) is 5.49. The van der Waals surface area contributed by atoms with E-state index in [9.17, 15) is 9.18 Å². The summed E-state index contributed by atoms with van der Waals surface area (Å²) in [5.41, 5.74) is 1.22. The Balaban J connectivity index is 1.71. The van der Waals surface area contributed by atoms with Crippen LogP contribution in [0, 0.1) is 5.82 Å². The zero-order valence-corrected chi connectivity index (χ0v) is 12.2. The molecule has 0 heterocycles. The number of benzene rings is 2. The molecule has 2 aromatic carbocycles. The summed E-state index contributed by atoms with van der Waals surface area (Å²) in [7, 11) is 0. The van der Waals surface area contributed by atoms with Crippen LogP contribution in [0.2, 0.25) is 5.02 Å². The molecule has 2 nitrogen and oxygen atoms in total. The lowest BCUT2D eigenvalue weighted by molar-refractivity contribution is 0.0945. The van der Waals surface area contributed by atoms with Crippen molar-refractivity contribution >= 4 is 17.5 Å². The number of hydrogen-bond acceptors (Lipinski definition) is 1. The summed E-state index contributed by atoms with van der Waals surface area (Å²) >= 11 is 5.81. The van der Waals surface area contributed by atoms with E-state index in [4.69, 9.17) is 11.6 Å². The Bertz CT molecular complexity index is 668. The lowest BCUT2D eigenvalue weighted by atomic mass is 9.96. The van der Waals surface area contributed by atoms with E-state index in [-0.39, 0.29) is 11.0 Å². The second-order valence-corrected chi connectivity index (χ2v) is 5.89. The number of hydrogen-bond donors (Lipinski definition) is 1. The fourth-order valence-corrected chi connectivity index (χ4v) is 2.70. The Hall–Kier alpha value is -1.87. The first-order valence-corrected chi connectivity index (χ1v) is 7.27. The number of amides is 1. The monoisotopic (exact) mass is 303 g/mol. The standard InChI is InChI=1S/C17H15ClFNO/c18-13-6-7-15(19)14(10-13)16(21)20-11-17(8-9-17)12-4-2-1-3-5-12/h1-7,10H,8-9,11H2,(H,20,21). The van der Waals surface area contributed by atoms with Gasteiger partial charge in [0.2, 0.25) is 0 Å². The van der Waals surface area contributed by atoms with Crippen LogP contribution in [0.5, 0.6) is 0 Å². The molecule has 1 aliphatic rings. The fourth-order valence-electron chi connectivity index (χ4n) is 2.53. The molecule has 1 saturated carbocycles. The number of rotatable bonds is 4. The molecule has 0 bridgehead atoms. The quantitative estimate of drug-likeness (QED) is 0.910. The van der Waals surface area contributed by atoms with Gasteiger partial charge in [0.25, 0.3) is 5.91 Å². The van der Waals surface area contributed by atoms with Crippen LogP contribution in [-0.4, -0.2) is 12.5 Å². The van der Waals surface area contributed by atoms with E-state index >= 15 is 0 Å². The first-order chi connectivity index (χ1) is 10.1. The van der Waals surface area contributed by atoms with Crippen molar-refractivity contribution in [3.63, 3.8) is 0 Å². The molecule has 1 N–H and O–H groups in total. The predicted molar refractivity (Wildman–Crippen MR) is 81.1 cm³/mol. The summed E-state index contributed by atoms with van der Waals surface area (Å²) < 4.78 is 13.7. The SMILES string of the molecule is O=C(NCC1(c2ccccc2)CC1)c1cc(Cl)ccc1F. The largest absolute Gasteiger partial charge is 0.351 e. The molecule has 4 heteroatoms. The van der Waals surface area contributed by atoms with Crippen LogP contribution in [0.4, 0.5) is 4.39 Å². The van der Waals surface area contributed by atoms with E-state index in [1.54, 1.807) is 0 Å². The van der Waals surface area contributed by atoms with Gasteiger partial charge in [-0.1, -0.05) is 41.9 Å². The maximum Gasteiger partial charge on any atom is 0.254 e. The van der Waals surface area contributed by atoms with E-state index in [2.05, 4.69) is 17.4 Å². The Morgan fingerprint density at radius 1 is 1.19 bits per heavy atom. The van der Waals surface area contributed by atoms with Gasteiger partial charge in [0.15, 0.2) is 0 Å². The van der Waals surface area contributed by atoms with Gasteiger partial charge in [0, 0.05) is 17.0 Å². The van der Waals surface area contributed by atoms with E-state index in [0.717, 1.165) is 12.8 Å². The minimum atomic E-state index is -0.554. The lowest BCUT2D eigenvalue weighted by Crippen LogP contribution is -2.32. The molecule has 0 atom stereocenters. The Morgan fingerprint density at radius 2 is 1.90 bits per heavy atom. The van der Waals surface area contributed by atoms with Crippen LogP contribution in [0.1, 0.15) is 28.8 Å². The van der Waals surface area contributed by atoms with Crippen molar-refractivity contribution in [3.05, 3.63) is 70.5 Å². The fraction of sp³-hybridized carbons (Fsp3) is 0.235. The van der Waals surface area contributed by atoms with Gasteiger partial charge in [-0.25, -0.2) is 4.39 Å². The molecule has 0 saturated heterocycles. The number of halogens is 2. The minimum Gasteiger partial charge on any atom is -0.351 e. The molecule has 0 spiro atoms. The van der Waals surface area contributed by atoms with Gasteiger partial charge in [-0.15, -0.1) is 0 Å². The zero-order valence-electron chi connectivity index (χ0n) is 11.4. The van der Waals surface area contributed by atoms with Gasteiger partial charge in [-0.3, -0.25) is 4.79 Å². The maximum atomic E-state index is 13.7. The second-order valence-electron chi connectivity index (χ2n) is 5.45. The molecule has 2 aromatic rings. The van der Waals surface area contributed by atoms with E-state index in [0.29, 0.717) is 11.6 Å². The molecule has 108 valence electrons. The maximum absolute atomic E-state index is 13.7. The van der Waals surface area contributed by atoms with E-state index in [1.807, 2.05) is 18.2 Å². The van der Waals surface area contributed by atoms with Crippen molar-refractivity contribution in [1.82, 2.24) is 5.32 Å². The Labute approximate surface area is 127 Å². The molecule has 0 radical (unpaired) electrons. The van der Waals surface area contributed by atoms with Gasteiger partial charge >= 0.3 is 0 Å². The summed E-state index contributed by atoms with van der Waals surface area (Å²) in [6.07, 6.45) is 2.07. The third kappa shape index (κ3) is 2.93. The molecule has 21 heavy (non-hydrogen) atoms. The van der Waals surface area contributed by atoms with Crippen molar-refractivity contribution in [2.45, 2.75) is 18.3 Å². The number of nitrogens with one attached hydrogen (secondary N) is 1. The third-order valence-corrected chi connectivity index (χ3v) is 4.24. The molecule has 0 unspecified atom stereocenters. The first-order valence-electron chi connectivity index (χ1n) is 6.90. The highest BCUT2D eigenvalue weighted by atomic mass is 35.5. The molecule has 1 aliphatic carbocycles. The minimum absolute atomic E-state index is 0.00592. The molecular weight excluding hydrogens is 289 g/mol. The van der Waals surface area contributed by atoms with Crippen molar-refractivity contribution in [1.29, 1.82) is 0 Å². The molecule has 0 aliphatic heterocycles. The zero-order chi connectivity index (χ0) is 14.9. The molecule has 3 rings (SSSR count). The summed E-state index contributed by atoms with van der Waals surface area (Å²) in [6, 6.07) is 14.1. The van der Waals surface area contributed by atoms with Crippen LogP contribution in [0.15, 0.2) is 48.5 Å². The third-order valence-electron chi connectivity index (χ3n) is 4.00. The van der Waals surface area contributed by atoms with Crippen molar-refractivity contribution < 1.29 is 9.18 Å². The Morgan fingerprint density at radius 3 is 2.57 bits per heavy atom. The predicted octanol–water partition coefficient (Wildman–Crippen LogP) is 3.94. The average Bonchev–Trinajstić information content (AvgIpc) is 3.29. The molecule has 1 fully saturated rings. The molecule has 1 amide bonds. The van der Waals surface area contributed by atoms with Crippen molar-refractivity contribution in [2.75, 3.05) is 6.54 Å². The average molecular weight is 304 g/mol. The number of carbonyl (C=O) groups excluding carboxylic acids is 1. The normalized spacial score (nSPS) is 15.5. The van der Waals surface area contributed by atoms with Gasteiger partial charge in [0.1, 0.15) is 5.82 Å². The first kappa shape index (κ1) is 14.1. The van der Waals surface area contributed by atoms with Gasteiger partial charge in [-0.2, -0.15) is 0 Å². The van der Waals surface area contributed by atoms with Gasteiger partial charge in [-0.05, 0) is 36.6 Å². The van der Waals surface area contributed by atoms with Crippen LogP contribution in [-0.2, 0) is 5.41 Å². The highest BCUT2D eigenvalue weighted by molar-refractivity contribution is 6.31. The Kier molecular flexibility index (Phi) is 3.68.